The minimum Gasteiger partial charge on any atom is -0.328 e. The molecule has 1 aromatic carbocycles. The van der Waals surface area contributed by atoms with Gasteiger partial charge in [-0.15, -0.1) is 0 Å². The van der Waals surface area contributed by atoms with Crippen molar-refractivity contribution < 1.29 is 4.39 Å². The second kappa shape index (κ2) is 6.51. The van der Waals surface area contributed by atoms with Gasteiger partial charge in [0.1, 0.15) is 5.82 Å². The number of halogens is 2. The fraction of sp³-hybridized carbons (Fsp3) is 0.455. The highest BCUT2D eigenvalue weighted by Gasteiger charge is 2.00. The Balaban J connectivity index is 2.37. The molecule has 1 nitrogen and oxygen atoms in total. The van der Waals surface area contributed by atoms with Crippen LogP contribution in [0.3, 0.4) is 0 Å². The van der Waals surface area contributed by atoms with E-state index in [2.05, 4.69) is 15.9 Å². The third-order valence-corrected chi connectivity index (χ3v) is 3.43. The Bertz CT molecular complexity index is 297. The first-order valence-corrected chi connectivity index (χ1v) is 6.81. The van der Waals surface area contributed by atoms with E-state index in [0.717, 1.165) is 28.0 Å². The van der Waals surface area contributed by atoms with Crippen molar-refractivity contribution in [3.8, 4) is 0 Å². The average Bonchev–Trinajstić information content (AvgIpc) is 2.10. The van der Waals surface area contributed by atoms with Gasteiger partial charge >= 0.3 is 0 Å². The Morgan fingerprint density at radius 3 is 2.80 bits per heavy atom. The lowest BCUT2D eigenvalue weighted by Crippen LogP contribution is -2.15. The standard InChI is InChI=1S/C11H15BrFNS/c1-8(14)2-3-15-7-9-4-10(12)6-11(13)5-9/h4-6,8H,2-3,7,14H2,1H3. The summed E-state index contributed by atoms with van der Waals surface area (Å²) in [6, 6.07) is 5.23. The van der Waals surface area contributed by atoms with E-state index in [-0.39, 0.29) is 11.9 Å². The van der Waals surface area contributed by atoms with E-state index in [4.69, 9.17) is 5.73 Å². The second-order valence-electron chi connectivity index (χ2n) is 3.60. The summed E-state index contributed by atoms with van der Waals surface area (Å²) in [5, 5.41) is 0. The van der Waals surface area contributed by atoms with E-state index in [0.29, 0.717) is 0 Å². The van der Waals surface area contributed by atoms with Gasteiger partial charge in [-0.05, 0) is 42.9 Å². The van der Waals surface area contributed by atoms with Gasteiger partial charge in [-0.2, -0.15) is 11.8 Å². The summed E-state index contributed by atoms with van der Waals surface area (Å²) in [6.45, 7) is 2.00. The zero-order chi connectivity index (χ0) is 11.3. The summed E-state index contributed by atoms with van der Waals surface area (Å²) in [7, 11) is 0. The molecule has 0 saturated heterocycles. The molecule has 0 aliphatic carbocycles. The lowest BCUT2D eigenvalue weighted by atomic mass is 10.2. The molecule has 0 heterocycles. The number of hydrogen-bond donors (Lipinski definition) is 1. The van der Waals surface area contributed by atoms with E-state index in [1.54, 1.807) is 17.8 Å². The minimum absolute atomic E-state index is 0.188. The molecule has 2 N–H and O–H groups in total. The molecule has 84 valence electrons. The molecule has 1 aromatic rings. The average molecular weight is 292 g/mol. The predicted molar refractivity (Wildman–Crippen MR) is 68.5 cm³/mol. The Morgan fingerprint density at radius 1 is 1.47 bits per heavy atom. The first-order valence-electron chi connectivity index (χ1n) is 4.86. The maximum absolute atomic E-state index is 13.0. The van der Waals surface area contributed by atoms with E-state index in [1.165, 1.54) is 6.07 Å². The van der Waals surface area contributed by atoms with Crippen LogP contribution in [0, 0.1) is 5.82 Å². The fourth-order valence-electron chi connectivity index (χ4n) is 1.15. The van der Waals surface area contributed by atoms with Gasteiger partial charge in [0.2, 0.25) is 0 Å². The van der Waals surface area contributed by atoms with Crippen LogP contribution in [0.2, 0.25) is 0 Å². The van der Waals surface area contributed by atoms with E-state index >= 15 is 0 Å². The molecule has 0 aromatic heterocycles. The van der Waals surface area contributed by atoms with Crippen molar-refractivity contribution in [3.05, 3.63) is 34.1 Å². The zero-order valence-electron chi connectivity index (χ0n) is 8.67. The van der Waals surface area contributed by atoms with Crippen molar-refractivity contribution in [3.63, 3.8) is 0 Å². The van der Waals surface area contributed by atoms with Crippen LogP contribution >= 0.6 is 27.7 Å². The summed E-state index contributed by atoms with van der Waals surface area (Å²) < 4.78 is 13.8. The topological polar surface area (TPSA) is 26.0 Å². The third kappa shape index (κ3) is 5.54. The molecule has 0 amide bonds. The fourth-order valence-corrected chi connectivity index (χ4v) is 2.75. The molecule has 0 spiro atoms. The van der Waals surface area contributed by atoms with Crippen LogP contribution in [-0.4, -0.2) is 11.8 Å². The molecular weight excluding hydrogens is 277 g/mol. The van der Waals surface area contributed by atoms with Gasteiger partial charge in [0.25, 0.3) is 0 Å². The molecule has 0 aliphatic heterocycles. The molecule has 15 heavy (non-hydrogen) atoms. The SMILES string of the molecule is CC(N)CCSCc1cc(F)cc(Br)c1. The van der Waals surface area contributed by atoms with Crippen molar-refractivity contribution in [2.24, 2.45) is 5.73 Å². The lowest BCUT2D eigenvalue weighted by molar-refractivity contribution is 0.625. The molecule has 0 saturated carbocycles. The second-order valence-corrected chi connectivity index (χ2v) is 5.62. The highest BCUT2D eigenvalue weighted by molar-refractivity contribution is 9.10. The van der Waals surface area contributed by atoms with E-state index < -0.39 is 0 Å². The molecule has 0 aliphatic rings. The number of rotatable bonds is 5. The summed E-state index contributed by atoms with van der Waals surface area (Å²) in [6.07, 6.45) is 1.00. The molecule has 0 radical (unpaired) electrons. The largest absolute Gasteiger partial charge is 0.328 e. The number of benzene rings is 1. The number of hydrogen-bond acceptors (Lipinski definition) is 2. The van der Waals surface area contributed by atoms with Crippen molar-refractivity contribution in [2.45, 2.75) is 25.1 Å². The maximum atomic E-state index is 13.0. The van der Waals surface area contributed by atoms with Crippen LogP contribution in [-0.2, 0) is 5.75 Å². The highest BCUT2D eigenvalue weighted by atomic mass is 79.9. The van der Waals surface area contributed by atoms with Crippen LogP contribution in [0.15, 0.2) is 22.7 Å². The van der Waals surface area contributed by atoms with Crippen molar-refractivity contribution in [1.29, 1.82) is 0 Å². The smallest absolute Gasteiger partial charge is 0.124 e. The van der Waals surface area contributed by atoms with Crippen molar-refractivity contribution >= 4 is 27.7 Å². The summed E-state index contributed by atoms with van der Waals surface area (Å²) in [5.74, 6) is 1.67. The highest BCUT2D eigenvalue weighted by Crippen LogP contribution is 2.19. The van der Waals surface area contributed by atoms with Crippen LogP contribution in [0.25, 0.3) is 0 Å². The minimum atomic E-state index is -0.188. The monoisotopic (exact) mass is 291 g/mol. The van der Waals surface area contributed by atoms with Crippen molar-refractivity contribution in [2.75, 3.05) is 5.75 Å². The molecule has 0 fully saturated rings. The summed E-state index contributed by atoms with van der Waals surface area (Å²) in [4.78, 5) is 0. The number of nitrogens with two attached hydrogens (primary N) is 1. The Hall–Kier alpha value is -0.0600. The van der Waals surface area contributed by atoms with Crippen molar-refractivity contribution in [1.82, 2.24) is 0 Å². The van der Waals surface area contributed by atoms with Crippen LogP contribution in [0.4, 0.5) is 4.39 Å². The third-order valence-electron chi connectivity index (χ3n) is 1.91. The normalized spacial score (nSPS) is 12.8. The van der Waals surface area contributed by atoms with Gasteiger partial charge in [0.05, 0.1) is 0 Å². The maximum Gasteiger partial charge on any atom is 0.124 e. The molecule has 1 atom stereocenters. The van der Waals surface area contributed by atoms with E-state index in [9.17, 15) is 4.39 Å². The van der Waals surface area contributed by atoms with Gasteiger partial charge in [-0.3, -0.25) is 0 Å². The first-order chi connectivity index (χ1) is 7.08. The Morgan fingerprint density at radius 2 is 2.20 bits per heavy atom. The zero-order valence-corrected chi connectivity index (χ0v) is 11.1. The molecule has 1 rings (SSSR count). The van der Waals surface area contributed by atoms with E-state index in [1.807, 2.05) is 13.0 Å². The van der Waals surface area contributed by atoms with Gasteiger partial charge in [-0.25, -0.2) is 4.39 Å². The van der Waals surface area contributed by atoms with Gasteiger partial charge in [0, 0.05) is 16.3 Å². The summed E-state index contributed by atoms with van der Waals surface area (Å²) in [5.41, 5.74) is 6.65. The quantitative estimate of drug-likeness (QED) is 0.840. The Kier molecular flexibility index (Phi) is 5.64. The van der Waals surface area contributed by atoms with Crippen LogP contribution in [0.1, 0.15) is 18.9 Å². The first kappa shape index (κ1) is 13.0. The predicted octanol–water partition coefficient (Wildman–Crippen LogP) is 3.56. The van der Waals surface area contributed by atoms with Crippen LogP contribution in [0.5, 0.6) is 0 Å². The van der Waals surface area contributed by atoms with Gasteiger partial charge in [0.15, 0.2) is 0 Å². The van der Waals surface area contributed by atoms with Gasteiger partial charge < -0.3 is 5.73 Å². The summed E-state index contributed by atoms with van der Waals surface area (Å²) >= 11 is 5.06. The van der Waals surface area contributed by atoms with Crippen LogP contribution < -0.4 is 5.73 Å². The molecule has 4 heteroatoms. The van der Waals surface area contributed by atoms with Gasteiger partial charge in [-0.1, -0.05) is 15.9 Å². The molecule has 1 unspecified atom stereocenters. The molecule has 0 bridgehead atoms. The molecular formula is C11H15BrFNS. The lowest BCUT2D eigenvalue weighted by Gasteiger charge is -2.05. The number of thioether (sulfide) groups is 1. The Labute approximate surface area is 103 Å².